The number of rotatable bonds is 2. The molecule has 3 nitrogen and oxygen atoms in total. The van der Waals surface area contributed by atoms with E-state index >= 15 is 0 Å². The summed E-state index contributed by atoms with van der Waals surface area (Å²) in [5.74, 6) is 0.588. The molecule has 1 aliphatic rings. The molecule has 1 saturated heterocycles. The van der Waals surface area contributed by atoms with Gasteiger partial charge in [-0.05, 0) is 0 Å². The summed E-state index contributed by atoms with van der Waals surface area (Å²) in [6.45, 7) is 0.882. The highest BCUT2D eigenvalue weighted by atomic mass is 32.1. The zero-order valence-electron chi connectivity index (χ0n) is 5.54. The van der Waals surface area contributed by atoms with Gasteiger partial charge in [0.05, 0.1) is 13.0 Å². The van der Waals surface area contributed by atoms with E-state index < -0.39 is 0 Å². The molecular formula is C6H9NO2S. The molecule has 56 valence electrons. The molecule has 0 aliphatic carbocycles. The molecule has 0 spiro atoms. The van der Waals surface area contributed by atoms with Crippen LogP contribution in [0, 0.1) is 0 Å². The van der Waals surface area contributed by atoms with Crippen molar-refractivity contribution >= 4 is 24.3 Å². The Kier molecular flexibility index (Phi) is 2.32. The van der Waals surface area contributed by atoms with Gasteiger partial charge in [-0.1, -0.05) is 0 Å². The van der Waals surface area contributed by atoms with Crippen molar-refractivity contribution in [2.45, 2.75) is 6.42 Å². The standard InChI is InChI=1S/C6H9NO2S/c8-5-3-6(9)7(4-5)1-2-10/h10H,1-4H2. The van der Waals surface area contributed by atoms with Gasteiger partial charge in [0.1, 0.15) is 0 Å². The van der Waals surface area contributed by atoms with Crippen molar-refractivity contribution in [3.05, 3.63) is 0 Å². The number of likely N-dealkylation sites (tertiary alicyclic amines) is 1. The quantitative estimate of drug-likeness (QED) is 0.444. The summed E-state index contributed by atoms with van der Waals surface area (Å²) >= 11 is 3.96. The van der Waals surface area contributed by atoms with Gasteiger partial charge in [0.25, 0.3) is 0 Å². The Labute approximate surface area is 64.8 Å². The van der Waals surface area contributed by atoms with E-state index in [1.54, 1.807) is 0 Å². The topological polar surface area (TPSA) is 37.4 Å². The Morgan fingerprint density at radius 3 is 2.60 bits per heavy atom. The number of carbonyl (C=O) groups is 2. The van der Waals surface area contributed by atoms with Gasteiger partial charge in [-0.25, -0.2) is 0 Å². The van der Waals surface area contributed by atoms with Crippen molar-refractivity contribution in [1.82, 2.24) is 4.90 Å². The molecule has 10 heavy (non-hydrogen) atoms. The minimum Gasteiger partial charge on any atom is -0.334 e. The first kappa shape index (κ1) is 7.60. The first-order valence-electron chi connectivity index (χ1n) is 3.14. The Hall–Kier alpha value is -0.510. The number of amides is 1. The molecule has 0 aromatic heterocycles. The number of carbonyl (C=O) groups excluding carboxylic acids is 2. The van der Waals surface area contributed by atoms with Crippen LogP contribution in [-0.2, 0) is 9.59 Å². The first-order valence-corrected chi connectivity index (χ1v) is 3.77. The van der Waals surface area contributed by atoms with Crippen LogP contribution in [-0.4, -0.2) is 35.4 Å². The Balaban J connectivity index is 2.46. The largest absolute Gasteiger partial charge is 0.334 e. The molecule has 1 aliphatic heterocycles. The summed E-state index contributed by atoms with van der Waals surface area (Å²) in [5.41, 5.74) is 0. The van der Waals surface area contributed by atoms with Crippen LogP contribution >= 0.6 is 12.6 Å². The molecule has 0 aromatic rings. The third kappa shape index (κ3) is 1.50. The SMILES string of the molecule is O=C1CC(=O)N(CCS)C1. The maximum absolute atomic E-state index is 10.8. The molecule has 0 aromatic carbocycles. The summed E-state index contributed by atoms with van der Waals surface area (Å²) in [7, 11) is 0. The van der Waals surface area contributed by atoms with Crippen LogP contribution in [0.5, 0.6) is 0 Å². The van der Waals surface area contributed by atoms with Crippen LogP contribution in [0.3, 0.4) is 0 Å². The summed E-state index contributed by atoms with van der Waals surface area (Å²) in [4.78, 5) is 23.0. The van der Waals surface area contributed by atoms with Crippen LogP contribution in [0.4, 0.5) is 0 Å². The molecule has 0 N–H and O–H groups in total. The van der Waals surface area contributed by atoms with Crippen LogP contribution < -0.4 is 0 Å². The Morgan fingerprint density at radius 1 is 1.50 bits per heavy atom. The molecule has 0 atom stereocenters. The lowest BCUT2D eigenvalue weighted by atomic mass is 10.3. The number of nitrogens with zero attached hydrogens (tertiary/aromatic N) is 1. The van der Waals surface area contributed by atoms with Gasteiger partial charge in [-0.15, -0.1) is 0 Å². The second kappa shape index (κ2) is 3.05. The minimum absolute atomic E-state index is 0.0202. The molecule has 0 saturated carbocycles. The monoisotopic (exact) mass is 159 g/mol. The van der Waals surface area contributed by atoms with Crippen LogP contribution in [0.1, 0.15) is 6.42 Å². The summed E-state index contributed by atoms with van der Waals surface area (Å²) in [6, 6.07) is 0. The van der Waals surface area contributed by atoms with Crippen molar-refractivity contribution < 1.29 is 9.59 Å². The zero-order chi connectivity index (χ0) is 7.56. The smallest absolute Gasteiger partial charge is 0.230 e. The predicted molar refractivity (Wildman–Crippen MR) is 40.1 cm³/mol. The molecule has 4 heteroatoms. The van der Waals surface area contributed by atoms with Crippen LogP contribution in [0.15, 0.2) is 0 Å². The number of hydrogen-bond acceptors (Lipinski definition) is 3. The molecule has 1 heterocycles. The average molecular weight is 159 g/mol. The maximum Gasteiger partial charge on any atom is 0.230 e. The van der Waals surface area contributed by atoms with Gasteiger partial charge in [0.2, 0.25) is 5.91 Å². The highest BCUT2D eigenvalue weighted by Gasteiger charge is 2.25. The fourth-order valence-electron chi connectivity index (χ4n) is 0.962. The molecular weight excluding hydrogens is 150 g/mol. The average Bonchev–Trinajstić information content (AvgIpc) is 2.13. The van der Waals surface area contributed by atoms with Gasteiger partial charge in [-0.2, -0.15) is 12.6 Å². The third-order valence-electron chi connectivity index (χ3n) is 1.44. The normalized spacial score (nSPS) is 18.7. The van der Waals surface area contributed by atoms with Gasteiger partial charge in [0, 0.05) is 12.3 Å². The summed E-state index contributed by atoms with van der Waals surface area (Å²) in [6.07, 6.45) is 0.0910. The maximum atomic E-state index is 10.8. The van der Waals surface area contributed by atoms with E-state index in [1.807, 2.05) is 0 Å². The molecule has 0 bridgehead atoms. The van der Waals surface area contributed by atoms with E-state index in [-0.39, 0.29) is 18.1 Å². The zero-order valence-corrected chi connectivity index (χ0v) is 6.43. The lowest BCUT2D eigenvalue weighted by molar-refractivity contribution is -0.127. The fraction of sp³-hybridized carbons (Fsp3) is 0.667. The van der Waals surface area contributed by atoms with E-state index in [0.717, 1.165) is 0 Å². The van der Waals surface area contributed by atoms with E-state index in [2.05, 4.69) is 12.6 Å². The molecule has 0 radical (unpaired) electrons. The Bertz CT molecular complexity index is 169. The van der Waals surface area contributed by atoms with Gasteiger partial charge in [-0.3, -0.25) is 9.59 Å². The second-order valence-electron chi connectivity index (χ2n) is 2.25. The van der Waals surface area contributed by atoms with Crippen molar-refractivity contribution in [2.75, 3.05) is 18.8 Å². The van der Waals surface area contributed by atoms with E-state index in [1.165, 1.54) is 4.90 Å². The van der Waals surface area contributed by atoms with Crippen LogP contribution in [0.25, 0.3) is 0 Å². The molecule has 1 fully saturated rings. The Morgan fingerprint density at radius 2 is 2.20 bits per heavy atom. The third-order valence-corrected chi connectivity index (χ3v) is 1.64. The highest BCUT2D eigenvalue weighted by Crippen LogP contribution is 2.05. The van der Waals surface area contributed by atoms with Crippen molar-refractivity contribution in [2.24, 2.45) is 0 Å². The highest BCUT2D eigenvalue weighted by molar-refractivity contribution is 7.80. The predicted octanol–water partition coefficient (Wildman–Crippen LogP) is -0.282. The van der Waals surface area contributed by atoms with E-state index in [0.29, 0.717) is 18.8 Å². The van der Waals surface area contributed by atoms with Crippen LogP contribution in [0.2, 0.25) is 0 Å². The lowest BCUT2D eigenvalue weighted by Crippen LogP contribution is -2.27. The summed E-state index contributed by atoms with van der Waals surface area (Å²) in [5, 5.41) is 0. The van der Waals surface area contributed by atoms with Gasteiger partial charge >= 0.3 is 0 Å². The van der Waals surface area contributed by atoms with E-state index in [4.69, 9.17) is 0 Å². The summed E-state index contributed by atoms with van der Waals surface area (Å²) < 4.78 is 0. The first-order chi connectivity index (χ1) is 4.74. The van der Waals surface area contributed by atoms with Crippen molar-refractivity contribution in [3.63, 3.8) is 0 Å². The molecule has 0 unspecified atom stereocenters. The number of hydrogen-bond donors (Lipinski definition) is 1. The van der Waals surface area contributed by atoms with Gasteiger partial charge in [0.15, 0.2) is 5.78 Å². The molecule has 1 amide bonds. The lowest BCUT2D eigenvalue weighted by Gasteiger charge is -2.11. The van der Waals surface area contributed by atoms with Crippen molar-refractivity contribution in [3.8, 4) is 0 Å². The van der Waals surface area contributed by atoms with E-state index in [9.17, 15) is 9.59 Å². The second-order valence-corrected chi connectivity index (χ2v) is 2.70. The number of ketones is 1. The van der Waals surface area contributed by atoms with Crippen molar-refractivity contribution in [1.29, 1.82) is 0 Å². The minimum atomic E-state index is -0.0564. The van der Waals surface area contributed by atoms with Gasteiger partial charge < -0.3 is 4.90 Å². The molecule has 1 rings (SSSR count). The number of thiol groups is 1. The number of Topliss-reactive ketones (excluding diaryl/α,β-unsaturated/α-hetero) is 1. The fourth-order valence-corrected chi connectivity index (χ4v) is 1.20.